The quantitative estimate of drug-likeness (QED) is 0.316. The van der Waals surface area contributed by atoms with Gasteiger partial charge in [-0.25, -0.2) is 9.37 Å². The van der Waals surface area contributed by atoms with E-state index in [1.165, 1.54) is 51.4 Å². The fraction of sp³-hybridized carbons (Fsp3) is 0.367. The Hall–Kier alpha value is -4.39. The second-order valence-electron chi connectivity index (χ2n) is 10.7. The molecular weight excluding hydrogens is 574 g/mol. The van der Waals surface area contributed by atoms with E-state index >= 15 is 0 Å². The van der Waals surface area contributed by atoms with Gasteiger partial charge < -0.3 is 30.0 Å². The summed E-state index contributed by atoms with van der Waals surface area (Å²) in [7, 11) is 2.74. The van der Waals surface area contributed by atoms with E-state index in [9.17, 15) is 32.3 Å². The lowest BCUT2D eigenvalue weighted by atomic mass is 9.81. The number of ether oxygens (including phenoxy) is 3. The highest BCUT2D eigenvalue weighted by Gasteiger charge is 2.57. The number of benzene rings is 2. The number of hydrogen-bond acceptors (Lipinski definition) is 7. The van der Waals surface area contributed by atoms with Gasteiger partial charge in [0.15, 0.2) is 11.5 Å². The van der Waals surface area contributed by atoms with Crippen LogP contribution in [-0.4, -0.2) is 61.5 Å². The van der Waals surface area contributed by atoms with Crippen molar-refractivity contribution < 1.29 is 46.5 Å². The molecule has 0 spiro atoms. The number of aromatic nitrogens is 1. The number of halogens is 4. The molecule has 2 amide bonds. The van der Waals surface area contributed by atoms with Crippen LogP contribution >= 0.6 is 0 Å². The summed E-state index contributed by atoms with van der Waals surface area (Å²) in [5.41, 5.74) is -5.95. The number of hydrogen-bond donors (Lipinski definition) is 3. The maximum absolute atomic E-state index is 14.7. The van der Waals surface area contributed by atoms with Crippen LogP contribution < -0.4 is 24.8 Å². The molecule has 1 aliphatic heterocycles. The van der Waals surface area contributed by atoms with Crippen molar-refractivity contribution in [2.45, 2.75) is 43.1 Å². The Morgan fingerprint density at radius 2 is 1.81 bits per heavy atom. The van der Waals surface area contributed by atoms with Crippen molar-refractivity contribution in [1.29, 1.82) is 0 Å². The summed E-state index contributed by atoms with van der Waals surface area (Å²) in [6, 6.07) is 9.90. The summed E-state index contributed by atoms with van der Waals surface area (Å²) in [4.78, 5) is 29.9. The van der Waals surface area contributed by atoms with Crippen molar-refractivity contribution in [1.82, 2.24) is 15.6 Å². The van der Waals surface area contributed by atoms with Crippen LogP contribution in [0.5, 0.6) is 17.2 Å². The van der Waals surface area contributed by atoms with E-state index in [1.807, 2.05) is 0 Å². The second kappa shape index (κ2) is 11.0. The second-order valence-corrected chi connectivity index (χ2v) is 10.7. The zero-order valence-electron chi connectivity index (χ0n) is 23.5. The summed E-state index contributed by atoms with van der Waals surface area (Å²) >= 11 is 0. The monoisotopic (exact) mass is 603 g/mol. The number of aliphatic hydroxyl groups is 1. The van der Waals surface area contributed by atoms with Crippen molar-refractivity contribution in [3.8, 4) is 28.5 Å². The summed E-state index contributed by atoms with van der Waals surface area (Å²) in [5, 5.41) is 15.9. The standard InChI is InChI=1S/C30H29F4N3O6/c1-28(27(39)35-2)15-42-25-20(28)13-23(37-24(25)16-4-7-18(31)8-5-16)29(40,30(32,33)34)14-36-26(38)17-6-11-21(22(12-17)41-3)43-19-9-10-19/h4-8,11-13,19,40H,9-10,14-15H2,1-3H3,(H,35,39)(H,36,38)/t28-,29-/m0/s1. The first-order valence-corrected chi connectivity index (χ1v) is 13.4. The highest BCUT2D eigenvalue weighted by atomic mass is 19.4. The number of rotatable bonds is 9. The van der Waals surface area contributed by atoms with Gasteiger partial charge in [-0.1, -0.05) is 0 Å². The molecule has 3 aromatic rings. The van der Waals surface area contributed by atoms with Crippen LogP contribution in [0.25, 0.3) is 11.3 Å². The fourth-order valence-electron chi connectivity index (χ4n) is 4.78. The first kappa shape index (κ1) is 30.1. The van der Waals surface area contributed by atoms with E-state index in [4.69, 9.17) is 14.2 Å². The molecule has 0 bridgehead atoms. The zero-order chi connectivity index (χ0) is 31.2. The molecule has 9 nitrogen and oxygen atoms in total. The Labute approximate surface area is 244 Å². The van der Waals surface area contributed by atoms with Crippen molar-refractivity contribution >= 4 is 11.8 Å². The minimum absolute atomic E-state index is 0.0237. The molecule has 0 saturated heterocycles. The third kappa shape index (κ3) is 5.56. The lowest BCUT2D eigenvalue weighted by Crippen LogP contribution is -2.52. The van der Waals surface area contributed by atoms with Crippen LogP contribution in [0.2, 0.25) is 0 Å². The molecule has 3 N–H and O–H groups in total. The van der Waals surface area contributed by atoms with Crippen LogP contribution in [0.4, 0.5) is 17.6 Å². The molecule has 13 heteroatoms. The normalized spacial score (nSPS) is 19.1. The van der Waals surface area contributed by atoms with Gasteiger partial charge in [-0.15, -0.1) is 0 Å². The lowest BCUT2D eigenvalue weighted by Gasteiger charge is -2.31. The molecule has 2 heterocycles. The molecule has 0 unspecified atom stereocenters. The van der Waals surface area contributed by atoms with Crippen molar-refractivity contribution in [2.75, 3.05) is 27.3 Å². The smallest absolute Gasteiger partial charge is 0.424 e. The van der Waals surface area contributed by atoms with E-state index in [-0.39, 0.29) is 46.6 Å². The maximum atomic E-state index is 14.7. The molecular formula is C30H29F4N3O6. The van der Waals surface area contributed by atoms with Crippen LogP contribution in [0, 0.1) is 5.82 Å². The number of pyridine rings is 1. The Morgan fingerprint density at radius 1 is 1.12 bits per heavy atom. The minimum Gasteiger partial charge on any atom is -0.493 e. The van der Waals surface area contributed by atoms with E-state index < -0.39 is 47.1 Å². The van der Waals surface area contributed by atoms with Gasteiger partial charge in [0.1, 0.15) is 29.3 Å². The molecule has 228 valence electrons. The number of carbonyl (C=O) groups is 2. The minimum atomic E-state index is -5.33. The first-order valence-electron chi connectivity index (χ1n) is 13.4. The van der Waals surface area contributed by atoms with Gasteiger partial charge in [-0.05, 0) is 68.3 Å². The summed E-state index contributed by atoms with van der Waals surface area (Å²) < 4.78 is 74.4. The number of nitrogens with one attached hydrogen (secondary N) is 2. The Balaban J connectivity index is 1.54. The Kier molecular flexibility index (Phi) is 7.71. The average molecular weight is 604 g/mol. The number of fused-ring (bicyclic) bond motifs is 1. The molecule has 1 saturated carbocycles. The number of nitrogens with zero attached hydrogens (tertiary/aromatic N) is 1. The van der Waals surface area contributed by atoms with Crippen LogP contribution in [-0.2, 0) is 15.8 Å². The lowest BCUT2D eigenvalue weighted by molar-refractivity contribution is -0.265. The summed E-state index contributed by atoms with van der Waals surface area (Å²) in [6.45, 7) is -0.0523. The summed E-state index contributed by atoms with van der Waals surface area (Å²) in [5.74, 6) is -1.41. The third-order valence-corrected chi connectivity index (χ3v) is 7.56. The van der Waals surface area contributed by atoms with Gasteiger partial charge >= 0.3 is 6.18 Å². The predicted octanol–water partition coefficient (Wildman–Crippen LogP) is 4.01. The van der Waals surface area contributed by atoms with Gasteiger partial charge in [-0.3, -0.25) is 9.59 Å². The fourth-order valence-corrected chi connectivity index (χ4v) is 4.78. The predicted molar refractivity (Wildman–Crippen MR) is 145 cm³/mol. The molecule has 2 aromatic carbocycles. The molecule has 2 aliphatic rings. The van der Waals surface area contributed by atoms with E-state index in [0.29, 0.717) is 5.75 Å². The molecule has 43 heavy (non-hydrogen) atoms. The number of methoxy groups -OCH3 is 1. The maximum Gasteiger partial charge on any atom is 0.424 e. The van der Waals surface area contributed by atoms with Gasteiger partial charge in [0.2, 0.25) is 11.5 Å². The van der Waals surface area contributed by atoms with Crippen LogP contribution in [0.3, 0.4) is 0 Å². The van der Waals surface area contributed by atoms with E-state index in [2.05, 4.69) is 15.6 Å². The molecule has 0 radical (unpaired) electrons. The van der Waals surface area contributed by atoms with Crippen LogP contribution in [0.15, 0.2) is 48.5 Å². The van der Waals surface area contributed by atoms with Crippen molar-refractivity contribution in [3.05, 3.63) is 71.2 Å². The van der Waals surface area contributed by atoms with E-state index in [1.54, 1.807) is 0 Å². The average Bonchev–Trinajstić information content (AvgIpc) is 3.74. The molecule has 5 rings (SSSR count). The number of alkyl halides is 3. The van der Waals surface area contributed by atoms with Gasteiger partial charge in [-0.2, -0.15) is 13.2 Å². The van der Waals surface area contributed by atoms with Crippen molar-refractivity contribution in [2.24, 2.45) is 0 Å². The SMILES string of the molecule is CNC(=O)[C@@]1(C)COc2c1cc([C@@](O)(CNC(=O)c1ccc(OC3CC3)c(OC)c1)C(F)(F)F)nc2-c1ccc(F)cc1. The number of amides is 2. The number of carbonyl (C=O) groups excluding carboxylic acids is 2. The van der Waals surface area contributed by atoms with Gasteiger partial charge in [0.05, 0.1) is 25.5 Å². The zero-order valence-corrected chi connectivity index (χ0v) is 23.5. The van der Waals surface area contributed by atoms with Gasteiger partial charge in [0, 0.05) is 23.7 Å². The molecule has 1 aliphatic carbocycles. The molecule has 2 atom stereocenters. The first-order chi connectivity index (χ1) is 20.3. The highest BCUT2D eigenvalue weighted by molar-refractivity contribution is 5.95. The topological polar surface area (TPSA) is 119 Å². The Bertz CT molecular complexity index is 1560. The third-order valence-electron chi connectivity index (χ3n) is 7.56. The Morgan fingerprint density at radius 3 is 2.42 bits per heavy atom. The van der Waals surface area contributed by atoms with Crippen molar-refractivity contribution in [3.63, 3.8) is 0 Å². The highest BCUT2D eigenvalue weighted by Crippen LogP contribution is 2.48. The van der Waals surface area contributed by atoms with Gasteiger partial charge in [0.25, 0.3) is 5.91 Å². The summed E-state index contributed by atoms with van der Waals surface area (Å²) in [6.07, 6.45) is -3.51. The number of likely N-dealkylation sites (N-methyl/N-ethyl adjacent to an activating group) is 1. The molecule has 1 fully saturated rings. The molecule has 1 aromatic heterocycles. The van der Waals surface area contributed by atoms with Crippen LogP contribution in [0.1, 0.15) is 41.4 Å². The van der Waals surface area contributed by atoms with E-state index in [0.717, 1.165) is 31.0 Å². The largest absolute Gasteiger partial charge is 0.493 e.